The Labute approximate surface area is 165 Å². The topological polar surface area (TPSA) is 54.6 Å². The highest BCUT2D eigenvalue weighted by molar-refractivity contribution is 5.54. The molecule has 1 fully saturated rings. The predicted molar refractivity (Wildman–Crippen MR) is 110 cm³/mol. The molecule has 0 atom stereocenters. The van der Waals surface area contributed by atoms with Crippen LogP contribution in [0.3, 0.4) is 0 Å². The van der Waals surface area contributed by atoms with E-state index in [1.165, 1.54) is 5.56 Å². The number of methoxy groups -OCH3 is 1. The van der Waals surface area contributed by atoms with E-state index in [-0.39, 0.29) is 0 Å². The Morgan fingerprint density at radius 1 is 1.00 bits per heavy atom. The van der Waals surface area contributed by atoms with Gasteiger partial charge in [0.25, 0.3) is 0 Å². The lowest BCUT2D eigenvalue weighted by Crippen LogP contribution is -2.46. The van der Waals surface area contributed by atoms with Crippen molar-refractivity contribution < 1.29 is 9.15 Å². The van der Waals surface area contributed by atoms with Gasteiger partial charge in [-0.15, -0.1) is 0 Å². The average Bonchev–Trinajstić information content (AvgIpc) is 3.09. The van der Waals surface area contributed by atoms with Crippen LogP contribution in [0.4, 0.5) is 5.69 Å². The predicted octanol–water partition coefficient (Wildman–Crippen LogP) is 3.68. The molecule has 28 heavy (non-hydrogen) atoms. The van der Waals surface area contributed by atoms with E-state index in [9.17, 15) is 0 Å². The quantitative estimate of drug-likeness (QED) is 0.675. The lowest BCUT2D eigenvalue weighted by atomic mass is 10.1. The van der Waals surface area contributed by atoms with Crippen molar-refractivity contribution >= 4 is 5.69 Å². The summed E-state index contributed by atoms with van der Waals surface area (Å²) >= 11 is 0. The van der Waals surface area contributed by atoms with Crippen LogP contribution in [0.25, 0.3) is 11.5 Å². The molecule has 2 aromatic heterocycles. The lowest BCUT2D eigenvalue weighted by Gasteiger charge is -2.35. The van der Waals surface area contributed by atoms with Crippen LogP contribution in [-0.2, 0) is 6.54 Å². The molecule has 6 heteroatoms. The molecule has 1 aromatic carbocycles. The first-order valence-corrected chi connectivity index (χ1v) is 9.63. The van der Waals surface area contributed by atoms with E-state index in [1.807, 2.05) is 19.2 Å². The van der Waals surface area contributed by atoms with Crippen molar-refractivity contribution in [3.05, 3.63) is 59.6 Å². The second-order valence-corrected chi connectivity index (χ2v) is 7.21. The van der Waals surface area contributed by atoms with Crippen molar-refractivity contribution in [1.82, 2.24) is 14.9 Å². The number of aryl methyl sites for hydroxylation is 2. The first-order chi connectivity index (χ1) is 13.6. The van der Waals surface area contributed by atoms with Crippen LogP contribution in [0, 0.1) is 13.8 Å². The van der Waals surface area contributed by atoms with Crippen molar-refractivity contribution in [1.29, 1.82) is 0 Å². The van der Waals surface area contributed by atoms with Crippen LogP contribution < -0.4 is 9.64 Å². The summed E-state index contributed by atoms with van der Waals surface area (Å²) in [5, 5.41) is 0. The van der Waals surface area contributed by atoms with Crippen LogP contribution in [-0.4, -0.2) is 48.2 Å². The zero-order valence-electron chi connectivity index (χ0n) is 16.7. The molecule has 146 valence electrons. The monoisotopic (exact) mass is 378 g/mol. The van der Waals surface area contributed by atoms with Gasteiger partial charge in [-0.25, -0.2) is 9.97 Å². The van der Waals surface area contributed by atoms with Crippen LogP contribution in [0.2, 0.25) is 0 Å². The summed E-state index contributed by atoms with van der Waals surface area (Å²) in [6.07, 6.45) is 1.88. The number of pyridine rings is 1. The molecule has 0 aliphatic carbocycles. The summed E-state index contributed by atoms with van der Waals surface area (Å²) in [6.45, 7) is 8.80. The van der Waals surface area contributed by atoms with Gasteiger partial charge in [0, 0.05) is 44.4 Å². The summed E-state index contributed by atoms with van der Waals surface area (Å²) in [7, 11) is 1.64. The van der Waals surface area contributed by atoms with Crippen molar-refractivity contribution in [3.63, 3.8) is 0 Å². The summed E-state index contributed by atoms with van der Waals surface area (Å²) in [5.41, 5.74) is 4.42. The lowest BCUT2D eigenvalue weighted by molar-refractivity contribution is 0.246. The smallest absolute Gasteiger partial charge is 0.226 e. The third-order valence-electron chi connectivity index (χ3n) is 5.23. The molecule has 1 saturated heterocycles. The summed E-state index contributed by atoms with van der Waals surface area (Å²) in [6, 6.07) is 12.3. The Balaban J connectivity index is 1.37. The van der Waals surface area contributed by atoms with Gasteiger partial charge in [0.15, 0.2) is 0 Å². The van der Waals surface area contributed by atoms with Crippen molar-refractivity contribution in [2.45, 2.75) is 20.4 Å². The molecule has 0 radical (unpaired) electrons. The molecule has 0 saturated carbocycles. The molecule has 6 nitrogen and oxygen atoms in total. The molecular formula is C22H26N4O2. The number of anilines is 1. The minimum Gasteiger partial charge on any atom is -0.481 e. The van der Waals surface area contributed by atoms with Gasteiger partial charge in [-0.05, 0) is 32.0 Å². The third kappa shape index (κ3) is 4.02. The van der Waals surface area contributed by atoms with Gasteiger partial charge in [0.05, 0.1) is 24.7 Å². The first kappa shape index (κ1) is 18.5. The van der Waals surface area contributed by atoms with E-state index in [4.69, 9.17) is 14.1 Å². The maximum absolute atomic E-state index is 5.93. The molecule has 0 bridgehead atoms. The molecule has 4 rings (SSSR count). The van der Waals surface area contributed by atoms with E-state index in [1.54, 1.807) is 7.11 Å². The third-order valence-corrected chi connectivity index (χ3v) is 5.23. The first-order valence-electron chi connectivity index (χ1n) is 9.63. The maximum Gasteiger partial charge on any atom is 0.226 e. The Hall–Kier alpha value is -2.86. The minimum atomic E-state index is 0.647. The summed E-state index contributed by atoms with van der Waals surface area (Å²) in [5.74, 6) is 2.25. The van der Waals surface area contributed by atoms with Crippen molar-refractivity contribution in [3.8, 4) is 17.3 Å². The van der Waals surface area contributed by atoms with Crippen LogP contribution in [0.15, 0.2) is 47.0 Å². The number of benzene rings is 1. The van der Waals surface area contributed by atoms with E-state index in [0.29, 0.717) is 11.8 Å². The maximum atomic E-state index is 5.93. The molecule has 1 aliphatic heterocycles. The molecule has 0 N–H and O–H groups in total. The normalized spacial score (nSPS) is 15.0. The number of oxazole rings is 1. The standard InChI is InChI=1S/C22H26N4O2/c1-16-4-6-18(7-5-16)22-24-20(17(2)28-22)15-25-10-12-26(13-11-25)19-8-9-21(27-3)23-14-19/h4-9,14H,10-13,15H2,1-3H3. The number of nitrogens with zero attached hydrogens (tertiary/aromatic N) is 4. The van der Waals surface area contributed by atoms with Gasteiger partial charge in [0.1, 0.15) is 5.76 Å². The number of hydrogen-bond donors (Lipinski definition) is 0. The second kappa shape index (κ2) is 8.02. The van der Waals surface area contributed by atoms with Gasteiger partial charge in [0.2, 0.25) is 11.8 Å². The molecule has 0 amide bonds. The van der Waals surface area contributed by atoms with E-state index >= 15 is 0 Å². The summed E-state index contributed by atoms with van der Waals surface area (Å²) in [4.78, 5) is 13.8. The summed E-state index contributed by atoms with van der Waals surface area (Å²) < 4.78 is 11.1. The molecule has 3 heterocycles. The highest BCUT2D eigenvalue weighted by atomic mass is 16.5. The molecule has 1 aliphatic rings. The fourth-order valence-electron chi connectivity index (χ4n) is 3.45. The Kier molecular flexibility index (Phi) is 5.30. The van der Waals surface area contributed by atoms with Gasteiger partial charge in [-0.2, -0.15) is 0 Å². The van der Waals surface area contributed by atoms with Gasteiger partial charge >= 0.3 is 0 Å². The second-order valence-electron chi connectivity index (χ2n) is 7.21. The largest absolute Gasteiger partial charge is 0.481 e. The molecule has 0 spiro atoms. The zero-order valence-corrected chi connectivity index (χ0v) is 16.7. The number of hydrogen-bond acceptors (Lipinski definition) is 6. The van der Waals surface area contributed by atoms with E-state index in [0.717, 1.165) is 55.4 Å². The fourth-order valence-corrected chi connectivity index (χ4v) is 3.45. The van der Waals surface area contributed by atoms with Crippen molar-refractivity contribution in [2.24, 2.45) is 0 Å². The van der Waals surface area contributed by atoms with Crippen molar-refractivity contribution in [2.75, 3.05) is 38.2 Å². The zero-order chi connectivity index (χ0) is 19.5. The number of piperazine rings is 1. The van der Waals surface area contributed by atoms with Crippen LogP contribution in [0.1, 0.15) is 17.0 Å². The van der Waals surface area contributed by atoms with Gasteiger partial charge in [-0.3, -0.25) is 4.90 Å². The van der Waals surface area contributed by atoms with Gasteiger partial charge < -0.3 is 14.1 Å². The molecular weight excluding hydrogens is 352 g/mol. The number of ether oxygens (including phenoxy) is 1. The SMILES string of the molecule is COc1ccc(N2CCN(Cc3nc(-c4ccc(C)cc4)oc3C)CC2)cn1. The average molecular weight is 378 g/mol. The van der Waals surface area contributed by atoms with E-state index in [2.05, 4.69) is 52.0 Å². The van der Waals surface area contributed by atoms with Crippen LogP contribution in [0.5, 0.6) is 5.88 Å². The Morgan fingerprint density at radius 3 is 2.39 bits per heavy atom. The highest BCUT2D eigenvalue weighted by Gasteiger charge is 2.20. The highest BCUT2D eigenvalue weighted by Crippen LogP contribution is 2.24. The Bertz CT molecular complexity index is 911. The van der Waals surface area contributed by atoms with Gasteiger partial charge in [-0.1, -0.05) is 17.7 Å². The minimum absolute atomic E-state index is 0.647. The van der Waals surface area contributed by atoms with E-state index < -0.39 is 0 Å². The molecule has 0 unspecified atom stereocenters. The number of rotatable bonds is 5. The number of aromatic nitrogens is 2. The Morgan fingerprint density at radius 2 is 1.75 bits per heavy atom. The fraction of sp³-hybridized carbons (Fsp3) is 0.364. The molecule has 3 aromatic rings. The van der Waals surface area contributed by atoms with Crippen LogP contribution >= 0.6 is 0 Å².